The largest absolute Gasteiger partial charge is 0.241 e. The van der Waals surface area contributed by atoms with Crippen molar-refractivity contribution in [1.29, 1.82) is 0 Å². The zero-order valence-electron chi connectivity index (χ0n) is 15.2. The van der Waals surface area contributed by atoms with Crippen molar-refractivity contribution in [2.24, 2.45) is 0 Å². The maximum absolute atomic E-state index is 12.9. The number of benzene rings is 1. The lowest BCUT2D eigenvalue weighted by Gasteiger charge is -2.26. The van der Waals surface area contributed by atoms with E-state index >= 15 is 0 Å². The average Bonchev–Trinajstić information content (AvgIpc) is 2.59. The van der Waals surface area contributed by atoms with Crippen LogP contribution in [0.4, 0.5) is 0 Å². The molecule has 0 aromatic heterocycles. The number of nitrogens with one attached hydrogen (secondary N) is 1. The molecule has 2 rings (SSSR count). The van der Waals surface area contributed by atoms with Crippen molar-refractivity contribution in [3.63, 3.8) is 0 Å². The predicted octanol–water partition coefficient (Wildman–Crippen LogP) is 2.46. The van der Waals surface area contributed by atoms with E-state index in [0.717, 1.165) is 5.56 Å². The topological polar surface area (TPSA) is 80.3 Å². The minimum absolute atomic E-state index is 0.0208. The van der Waals surface area contributed by atoms with Crippen LogP contribution in [0.3, 0.4) is 0 Å². The lowest BCUT2D eigenvalue weighted by atomic mass is 9.85. The van der Waals surface area contributed by atoms with Gasteiger partial charge in [-0.25, -0.2) is 21.6 Å². The highest BCUT2D eigenvalue weighted by molar-refractivity contribution is 7.92. The lowest BCUT2D eigenvalue weighted by Crippen LogP contribution is -2.47. The van der Waals surface area contributed by atoms with Gasteiger partial charge in [0.1, 0.15) is 0 Å². The molecule has 1 fully saturated rings. The van der Waals surface area contributed by atoms with E-state index in [1.165, 1.54) is 0 Å². The monoisotopic (exact) mass is 373 g/mol. The third-order valence-electron chi connectivity index (χ3n) is 4.48. The van der Waals surface area contributed by atoms with Crippen molar-refractivity contribution >= 4 is 19.9 Å². The summed E-state index contributed by atoms with van der Waals surface area (Å²) in [5.74, 6) is -0.135. The van der Waals surface area contributed by atoms with Gasteiger partial charge in [0.05, 0.1) is 16.4 Å². The van der Waals surface area contributed by atoms with Crippen LogP contribution in [-0.4, -0.2) is 33.9 Å². The van der Waals surface area contributed by atoms with Gasteiger partial charge in [-0.2, -0.15) is 0 Å². The van der Waals surface area contributed by atoms with E-state index in [9.17, 15) is 16.8 Å². The summed E-state index contributed by atoms with van der Waals surface area (Å²) < 4.78 is 51.9. The summed E-state index contributed by atoms with van der Waals surface area (Å²) in [6.45, 7) is 11.5. The molecule has 1 aromatic rings. The second kappa shape index (κ2) is 5.81. The predicted molar refractivity (Wildman–Crippen MR) is 96.6 cm³/mol. The van der Waals surface area contributed by atoms with Crippen LogP contribution in [0.2, 0.25) is 0 Å². The Balaban J connectivity index is 2.44. The molecule has 1 saturated heterocycles. The molecular weight excluding hydrogens is 346 g/mol. The number of aryl methyl sites for hydroxylation is 2. The first-order chi connectivity index (χ1) is 10.7. The fourth-order valence-electron chi connectivity index (χ4n) is 3.27. The molecule has 1 N–H and O–H groups in total. The van der Waals surface area contributed by atoms with Crippen LogP contribution in [0.1, 0.15) is 50.8 Å². The summed E-state index contributed by atoms with van der Waals surface area (Å²) >= 11 is 0. The highest BCUT2D eigenvalue weighted by atomic mass is 32.2. The SMILES string of the molecule is Cc1cc(C(C)(C)C)cc(C)c1S(=O)(=O)NC1(C)CCS(=O)(=O)C1. The molecule has 136 valence electrons. The number of sulfone groups is 1. The maximum Gasteiger partial charge on any atom is 0.241 e. The summed E-state index contributed by atoms with van der Waals surface area (Å²) in [7, 11) is -6.97. The molecule has 7 heteroatoms. The van der Waals surface area contributed by atoms with Gasteiger partial charge < -0.3 is 0 Å². The smallest absolute Gasteiger partial charge is 0.229 e. The lowest BCUT2D eigenvalue weighted by molar-refractivity contribution is 0.461. The second-order valence-corrected chi connectivity index (χ2v) is 12.0. The molecular formula is C17H27NO4S2. The van der Waals surface area contributed by atoms with Crippen LogP contribution in [0.15, 0.2) is 17.0 Å². The summed E-state index contributed by atoms with van der Waals surface area (Å²) in [5.41, 5.74) is 1.41. The van der Waals surface area contributed by atoms with Crippen molar-refractivity contribution in [2.45, 2.75) is 63.8 Å². The summed E-state index contributed by atoms with van der Waals surface area (Å²) in [6, 6.07) is 3.80. The summed E-state index contributed by atoms with van der Waals surface area (Å²) in [4.78, 5) is 0.251. The number of hydrogen-bond donors (Lipinski definition) is 1. The van der Waals surface area contributed by atoms with Crippen molar-refractivity contribution in [1.82, 2.24) is 4.72 Å². The molecule has 0 radical (unpaired) electrons. The molecule has 1 aliphatic heterocycles. The van der Waals surface area contributed by atoms with Gasteiger partial charge in [0.2, 0.25) is 10.0 Å². The summed E-state index contributed by atoms with van der Waals surface area (Å²) in [5, 5.41) is 0. The van der Waals surface area contributed by atoms with Crippen molar-refractivity contribution in [2.75, 3.05) is 11.5 Å². The van der Waals surface area contributed by atoms with Gasteiger partial charge in [-0.3, -0.25) is 0 Å². The van der Waals surface area contributed by atoms with Crippen molar-refractivity contribution < 1.29 is 16.8 Å². The van der Waals surface area contributed by atoms with Gasteiger partial charge in [-0.05, 0) is 49.3 Å². The zero-order chi connectivity index (χ0) is 18.6. The fraction of sp³-hybridized carbons (Fsp3) is 0.647. The second-order valence-electron chi connectivity index (χ2n) is 8.20. The Morgan fingerprint density at radius 3 is 2.00 bits per heavy atom. The molecule has 0 saturated carbocycles. The standard InChI is InChI=1S/C17H27NO4S2/c1-12-9-14(16(3,4)5)10-13(2)15(12)24(21,22)18-17(6)7-8-23(19,20)11-17/h9-10,18H,7-8,11H2,1-6H3. The molecule has 1 atom stereocenters. The quantitative estimate of drug-likeness (QED) is 0.882. The Kier molecular flexibility index (Phi) is 4.70. The highest BCUT2D eigenvalue weighted by Gasteiger charge is 2.42. The molecule has 1 unspecified atom stereocenters. The highest BCUT2D eigenvalue weighted by Crippen LogP contribution is 2.31. The first-order valence-electron chi connectivity index (χ1n) is 8.01. The van der Waals surface area contributed by atoms with E-state index in [1.807, 2.05) is 12.1 Å². The number of sulfonamides is 1. The molecule has 0 bridgehead atoms. The first kappa shape index (κ1) is 19.4. The number of hydrogen-bond acceptors (Lipinski definition) is 4. The van der Waals surface area contributed by atoms with E-state index in [-0.39, 0.29) is 21.8 Å². The Morgan fingerprint density at radius 1 is 1.12 bits per heavy atom. The third-order valence-corrected chi connectivity index (χ3v) is 8.33. The van der Waals surface area contributed by atoms with Crippen molar-refractivity contribution in [3.8, 4) is 0 Å². The Bertz CT molecular complexity index is 841. The third kappa shape index (κ3) is 4.00. The van der Waals surface area contributed by atoms with Gasteiger partial charge in [0.15, 0.2) is 9.84 Å². The number of rotatable bonds is 3. The van der Waals surface area contributed by atoms with E-state index in [0.29, 0.717) is 17.5 Å². The molecule has 1 aliphatic rings. The van der Waals surface area contributed by atoms with Crippen LogP contribution < -0.4 is 4.72 Å². The van der Waals surface area contributed by atoms with E-state index in [2.05, 4.69) is 25.5 Å². The first-order valence-corrected chi connectivity index (χ1v) is 11.3. The molecule has 0 aliphatic carbocycles. The Morgan fingerprint density at radius 2 is 1.62 bits per heavy atom. The molecule has 1 heterocycles. The Labute approximate surface area is 145 Å². The fourth-order valence-corrected chi connectivity index (χ4v) is 7.35. The molecule has 0 spiro atoms. The maximum atomic E-state index is 12.9. The van der Waals surface area contributed by atoms with Crippen molar-refractivity contribution in [3.05, 3.63) is 28.8 Å². The molecule has 5 nitrogen and oxygen atoms in total. The van der Waals surface area contributed by atoms with Gasteiger partial charge in [-0.1, -0.05) is 32.9 Å². The molecule has 24 heavy (non-hydrogen) atoms. The van der Waals surface area contributed by atoms with Gasteiger partial charge in [0, 0.05) is 5.54 Å². The zero-order valence-corrected chi connectivity index (χ0v) is 16.9. The van der Waals surface area contributed by atoms with Gasteiger partial charge >= 0.3 is 0 Å². The van der Waals surface area contributed by atoms with E-state index < -0.39 is 25.4 Å². The van der Waals surface area contributed by atoms with Crippen LogP contribution in [0.25, 0.3) is 0 Å². The van der Waals surface area contributed by atoms with Gasteiger partial charge in [0.25, 0.3) is 0 Å². The molecule has 0 amide bonds. The average molecular weight is 374 g/mol. The minimum atomic E-state index is -3.79. The summed E-state index contributed by atoms with van der Waals surface area (Å²) in [6.07, 6.45) is 0.298. The molecule has 1 aromatic carbocycles. The van der Waals surface area contributed by atoms with Crippen LogP contribution in [0.5, 0.6) is 0 Å². The van der Waals surface area contributed by atoms with E-state index in [4.69, 9.17) is 0 Å². The Hall–Kier alpha value is -0.920. The van der Waals surface area contributed by atoms with Crippen LogP contribution >= 0.6 is 0 Å². The van der Waals surface area contributed by atoms with Gasteiger partial charge in [-0.15, -0.1) is 0 Å². The minimum Gasteiger partial charge on any atom is -0.229 e. The van der Waals surface area contributed by atoms with E-state index in [1.54, 1.807) is 20.8 Å². The van der Waals surface area contributed by atoms with Crippen LogP contribution in [0, 0.1) is 13.8 Å². The van der Waals surface area contributed by atoms with Crippen LogP contribution in [-0.2, 0) is 25.3 Å². The normalized spacial score (nSPS) is 24.2.